The molecule has 2 aromatic carbocycles. The molecule has 0 fully saturated rings. The zero-order valence-electron chi connectivity index (χ0n) is 15.7. The van der Waals surface area contributed by atoms with E-state index < -0.39 is 15.9 Å². The minimum absolute atomic E-state index is 0.0178. The number of carbonyl (C=O) groups is 1. The van der Waals surface area contributed by atoms with Crippen LogP contribution >= 0.6 is 23.2 Å². The molecule has 0 bridgehead atoms. The number of halogens is 2. The first-order valence-electron chi connectivity index (χ1n) is 9.14. The molecule has 0 unspecified atom stereocenters. The smallest absolute Gasteiger partial charge is 0.257 e. The topological polar surface area (TPSA) is 79.4 Å². The van der Waals surface area contributed by atoms with Gasteiger partial charge in [-0.3, -0.25) is 4.79 Å². The van der Waals surface area contributed by atoms with E-state index in [0.29, 0.717) is 18.7 Å². The lowest BCUT2D eigenvalue weighted by atomic mass is 10.0. The van der Waals surface area contributed by atoms with Gasteiger partial charge in [0.25, 0.3) is 5.91 Å². The summed E-state index contributed by atoms with van der Waals surface area (Å²) in [5.41, 5.74) is 2.62. The number of amides is 1. The number of aromatic nitrogens is 1. The average Bonchev–Trinajstić information content (AvgIpc) is 2.73. The molecule has 0 saturated carbocycles. The minimum atomic E-state index is -3.79. The zero-order valence-corrected chi connectivity index (χ0v) is 18.0. The van der Waals surface area contributed by atoms with Crippen LogP contribution in [-0.4, -0.2) is 30.2 Å². The highest BCUT2D eigenvalue weighted by atomic mass is 35.5. The van der Waals surface area contributed by atoms with E-state index in [1.165, 1.54) is 34.8 Å². The standard InChI is InChI=1S/C21H17Cl2N3O3S/c22-19-6-5-17(12-18(19)21(27)25-16-7-9-24-20(23)11-16)30(28,29)26-10-8-14-3-1-2-4-15(14)13-26/h1-7,9,11-12H,8,10,13H2,(H,24,25,27). The molecule has 1 aliphatic rings. The van der Waals surface area contributed by atoms with Gasteiger partial charge in [0, 0.05) is 25.0 Å². The highest BCUT2D eigenvalue weighted by molar-refractivity contribution is 7.89. The van der Waals surface area contributed by atoms with Crippen molar-refractivity contribution >= 4 is 44.8 Å². The van der Waals surface area contributed by atoms with Gasteiger partial charge >= 0.3 is 0 Å². The van der Waals surface area contributed by atoms with Crippen LogP contribution in [0.1, 0.15) is 21.5 Å². The highest BCUT2D eigenvalue weighted by Crippen LogP contribution is 2.28. The molecule has 1 N–H and O–H groups in total. The van der Waals surface area contributed by atoms with E-state index in [1.807, 2.05) is 24.3 Å². The van der Waals surface area contributed by atoms with Crippen LogP contribution in [0, 0.1) is 0 Å². The van der Waals surface area contributed by atoms with Crippen molar-refractivity contribution in [1.29, 1.82) is 0 Å². The Kier molecular flexibility index (Phi) is 5.79. The summed E-state index contributed by atoms with van der Waals surface area (Å²) < 4.78 is 27.8. The largest absolute Gasteiger partial charge is 0.322 e. The van der Waals surface area contributed by atoms with E-state index in [2.05, 4.69) is 10.3 Å². The number of fused-ring (bicyclic) bond motifs is 1. The van der Waals surface area contributed by atoms with Crippen molar-refractivity contribution in [3.63, 3.8) is 0 Å². The number of nitrogens with one attached hydrogen (secondary N) is 1. The first-order chi connectivity index (χ1) is 14.3. The van der Waals surface area contributed by atoms with Gasteiger partial charge in [0.1, 0.15) is 5.15 Å². The van der Waals surface area contributed by atoms with Crippen molar-refractivity contribution in [2.45, 2.75) is 17.9 Å². The van der Waals surface area contributed by atoms with Crippen molar-refractivity contribution < 1.29 is 13.2 Å². The number of nitrogens with zero attached hydrogens (tertiary/aromatic N) is 2. The van der Waals surface area contributed by atoms with Crippen LogP contribution < -0.4 is 5.32 Å². The number of rotatable bonds is 4. The number of anilines is 1. The number of hydrogen-bond donors (Lipinski definition) is 1. The molecule has 0 aliphatic carbocycles. The fourth-order valence-electron chi connectivity index (χ4n) is 3.34. The van der Waals surface area contributed by atoms with Gasteiger partial charge in [0.05, 0.1) is 15.5 Å². The maximum Gasteiger partial charge on any atom is 0.257 e. The summed E-state index contributed by atoms with van der Waals surface area (Å²) in [7, 11) is -3.79. The van der Waals surface area contributed by atoms with Gasteiger partial charge < -0.3 is 5.32 Å². The third-order valence-corrected chi connectivity index (χ3v) is 7.28. The van der Waals surface area contributed by atoms with Crippen LogP contribution in [0.15, 0.2) is 65.7 Å². The fourth-order valence-corrected chi connectivity index (χ4v) is 5.16. The Morgan fingerprint density at radius 1 is 1.03 bits per heavy atom. The molecule has 0 radical (unpaired) electrons. The lowest BCUT2D eigenvalue weighted by Gasteiger charge is -2.28. The van der Waals surface area contributed by atoms with Gasteiger partial charge in [-0.25, -0.2) is 13.4 Å². The predicted molar refractivity (Wildman–Crippen MR) is 116 cm³/mol. The van der Waals surface area contributed by atoms with Crippen molar-refractivity contribution in [1.82, 2.24) is 9.29 Å². The van der Waals surface area contributed by atoms with Crippen molar-refractivity contribution in [3.8, 4) is 0 Å². The summed E-state index contributed by atoms with van der Waals surface area (Å²) in [4.78, 5) is 16.6. The zero-order chi connectivity index (χ0) is 21.3. The number of benzene rings is 2. The Morgan fingerprint density at radius 2 is 1.80 bits per heavy atom. The maximum atomic E-state index is 13.2. The van der Waals surface area contributed by atoms with Crippen molar-refractivity contribution in [2.24, 2.45) is 0 Å². The summed E-state index contributed by atoms with van der Waals surface area (Å²) >= 11 is 12.0. The summed E-state index contributed by atoms with van der Waals surface area (Å²) in [5, 5.41) is 3.03. The lowest BCUT2D eigenvalue weighted by Crippen LogP contribution is -2.36. The van der Waals surface area contributed by atoms with Gasteiger partial charge in [-0.2, -0.15) is 4.31 Å². The molecular formula is C21H17Cl2N3O3S. The molecule has 1 aromatic heterocycles. The summed E-state index contributed by atoms with van der Waals surface area (Å²) in [6.45, 7) is 0.664. The minimum Gasteiger partial charge on any atom is -0.322 e. The van der Waals surface area contributed by atoms with E-state index in [4.69, 9.17) is 23.2 Å². The fraction of sp³-hybridized carbons (Fsp3) is 0.143. The second-order valence-corrected chi connectivity index (χ2v) is 9.55. The molecule has 3 aromatic rings. The van der Waals surface area contributed by atoms with Crippen LogP contribution in [0.3, 0.4) is 0 Å². The Labute approximate surface area is 184 Å². The Bertz CT molecular complexity index is 1230. The number of hydrogen-bond acceptors (Lipinski definition) is 4. The third-order valence-electron chi connectivity index (χ3n) is 4.90. The molecule has 1 aliphatic heterocycles. The quantitative estimate of drug-likeness (QED) is 0.584. The number of sulfonamides is 1. The van der Waals surface area contributed by atoms with E-state index in [9.17, 15) is 13.2 Å². The van der Waals surface area contributed by atoms with E-state index in [0.717, 1.165) is 11.1 Å². The summed E-state index contributed by atoms with van der Waals surface area (Å²) in [6.07, 6.45) is 2.09. The van der Waals surface area contributed by atoms with Gasteiger partial charge in [0.2, 0.25) is 10.0 Å². The van der Waals surface area contributed by atoms with Gasteiger partial charge in [-0.05, 0) is 47.9 Å². The van der Waals surface area contributed by atoms with Crippen LogP contribution in [0.25, 0.3) is 0 Å². The van der Waals surface area contributed by atoms with E-state index >= 15 is 0 Å². The van der Waals surface area contributed by atoms with E-state index in [-0.39, 0.29) is 27.2 Å². The maximum absolute atomic E-state index is 13.2. The van der Waals surface area contributed by atoms with Crippen LogP contribution in [0.5, 0.6) is 0 Å². The predicted octanol–water partition coefficient (Wildman–Crippen LogP) is 4.39. The molecular weight excluding hydrogens is 445 g/mol. The molecule has 154 valence electrons. The molecule has 0 atom stereocenters. The Morgan fingerprint density at radius 3 is 2.57 bits per heavy atom. The second-order valence-electron chi connectivity index (χ2n) is 6.82. The molecule has 9 heteroatoms. The van der Waals surface area contributed by atoms with E-state index in [1.54, 1.807) is 6.07 Å². The molecule has 4 rings (SSSR count). The Hall–Kier alpha value is -2.45. The molecule has 6 nitrogen and oxygen atoms in total. The highest BCUT2D eigenvalue weighted by Gasteiger charge is 2.29. The molecule has 0 saturated heterocycles. The van der Waals surface area contributed by atoms with Gasteiger partial charge in [-0.1, -0.05) is 47.5 Å². The molecule has 0 spiro atoms. The van der Waals surface area contributed by atoms with Crippen molar-refractivity contribution in [3.05, 3.63) is 87.7 Å². The Balaban J connectivity index is 1.61. The molecule has 2 heterocycles. The summed E-state index contributed by atoms with van der Waals surface area (Å²) in [5.74, 6) is -0.539. The number of carbonyl (C=O) groups excluding carboxylic acids is 1. The number of pyridine rings is 1. The van der Waals surface area contributed by atoms with Crippen LogP contribution in [0.4, 0.5) is 5.69 Å². The van der Waals surface area contributed by atoms with Crippen LogP contribution in [-0.2, 0) is 23.0 Å². The lowest BCUT2D eigenvalue weighted by molar-refractivity contribution is 0.102. The SMILES string of the molecule is O=C(Nc1ccnc(Cl)c1)c1cc(S(=O)(=O)N2CCc3ccccc3C2)ccc1Cl. The first kappa shape index (κ1) is 20.8. The second kappa shape index (κ2) is 8.35. The molecule has 1 amide bonds. The van der Waals surface area contributed by atoms with Gasteiger partial charge in [-0.15, -0.1) is 0 Å². The average molecular weight is 462 g/mol. The van der Waals surface area contributed by atoms with Crippen LogP contribution in [0.2, 0.25) is 10.2 Å². The van der Waals surface area contributed by atoms with Crippen molar-refractivity contribution in [2.75, 3.05) is 11.9 Å². The molecule has 30 heavy (non-hydrogen) atoms. The summed E-state index contributed by atoms with van der Waals surface area (Å²) in [6, 6.07) is 15.0. The van der Waals surface area contributed by atoms with Gasteiger partial charge in [0.15, 0.2) is 0 Å². The normalized spacial score (nSPS) is 14.2. The monoisotopic (exact) mass is 461 g/mol. The third kappa shape index (κ3) is 4.20. The first-order valence-corrected chi connectivity index (χ1v) is 11.3.